The van der Waals surface area contributed by atoms with E-state index in [2.05, 4.69) is 32.3 Å². The van der Waals surface area contributed by atoms with E-state index in [0.29, 0.717) is 34.1 Å². The zero-order chi connectivity index (χ0) is 22.6. The first kappa shape index (κ1) is 20.0. The minimum Gasteiger partial charge on any atom is -0.383 e. The molecular formula is C22H21FN8O. The molecule has 162 valence electrons. The van der Waals surface area contributed by atoms with E-state index >= 15 is 0 Å². The highest BCUT2D eigenvalue weighted by Crippen LogP contribution is 2.44. The molecule has 10 heteroatoms. The van der Waals surface area contributed by atoms with Gasteiger partial charge < -0.3 is 11.1 Å². The smallest absolute Gasteiger partial charge is 0.240 e. The van der Waals surface area contributed by atoms with Crippen molar-refractivity contribution in [3.63, 3.8) is 0 Å². The molecule has 4 aromatic rings. The summed E-state index contributed by atoms with van der Waals surface area (Å²) in [4.78, 5) is 31.2. The third kappa shape index (κ3) is 2.90. The number of carbonyl (C=O) groups excluding carboxylic acids is 1. The number of nitrogen functional groups attached to an aromatic ring is 1. The molecule has 0 saturated carbocycles. The van der Waals surface area contributed by atoms with Gasteiger partial charge in [0, 0.05) is 0 Å². The normalized spacial score (nSPS) is 17.6. The monoisotopic (exact) mass is 432 g/mol. The SMILES string of the molecule is CCCc1nc(-c2nc(N)c3c(n2)NC(=O)[C@@]3(C)c2ccc(F)cc2)cn2nc(C)nc12. The van der Waals surface area contributed by atoms with Gasteiger partial charge in [0.25, 0.3) is 0 Å². The van der Waals surface area contributed by atoms with Crippen LogP contribution in [0.2, 0.25) is 0 Å². The van der Waals surface area contributed by atoms with E-state index in [0.717, 1.165) is 18.5 Å². The number of aryl methyl sites for hydroxylation is 2. The number of halogens is 1. The molecule has 1 aliphatic rings. The second-order valence-electron chi connectivity index (χ2n) is 7.99. The number of nitrogens with zero attached hydrogens (tertiary/aromatic N) is 6. The van der Waals surface area contributed by atoms with Crippen molar-refractivity contribution in [2.75, 3.05) is 11.1 Å². The van der Waals surface area contributed by atoms with Crippen molar-refractivity contribution in [1.82, 2.24) is 29.5 Å². The van der Waals surface area contributed by atoms with Crippen molar-refractivity contribution in [2.45, 2.75) is 39.0 Å². The van der Waals surface area contributed by atoms with Crippen LogP contribution in [0.1, 0.15) is 42.9 Å². The molecule has 9 nitrogen and oxygen atoms in total. The van der Waals surface area contributed by atoms with Crippen LogP contribution in [0, 0.1) is 12.7 Å². The lowest BCUT2D eigenvalue weighted by Crippen LogP contribution is -2.33. The number of hydrogen-bond donors (Lipinski definition) is 2. The van der Waals surface area contributed by atoms with Gasteiger partial charge in [-0.25, -0.2) is 28.8 Å². The van der Waals surface area contributed by atoms with Crippen molar-refractivity contribution in [1.29, 1.82) is 0 Å². The molecule has 32 heavy (non-hydrogen) atoms. The van der Waals surface area contributed by atoms with E-state index in [1.165, 1.54) is 12.1 Å². The molecule has 0 bridgehead atoms. The zero-order valence-corrected chi connectivity index (χ0v) is 17.8. The van der Waals surface area contributed by atoms with Gasteiger partial charge in [-0.3, -0.25) is 4.79 Å². The van der Waals surface area contributed by atoms with Crippen LogP contribution in [-0.4, -0.2) is 35.5 Å². The summed E-state index contributed by atoms with van der Waals surface area (Å²) in [6.45, 7) is 5.60. The van der Waals surface area contributed by atoms with Crippen LogP contribution in [-0.2, 0) is 16.6 Å². The summed E-state index contributed by atoms with van der Waals surface area (Å²) in [7, 11) is 0. The minimum atomic E-state index is -1.14. The number of fused-ring (bicyclic) bond motifs is 2. The number of carbonyl (C=O) groups is 1. The van der Waals surface area contributed by atoms with Crippen molar-refractivity contribution in [3.05, 3.63) is 58.9 Å². The molecule has 4 heterocycles. The minimum absolute atomic E-state index is 0.156. The van der Waals surface area contributed by atoms with Crippen molar-refractivity contribution < 1.29 is 9.18 Å². The van der Waals surface area contributed by atoms with Crippen LogP contribution in [0.5, 0.6) is 0 Å². The maximum Gasteiger partial charge on any atom is 0.240 e. The summed E-state index contributed by atoms with van der Waals surface area (Å²) in [5, 5.41) is 7.20. The Morgan fingerprint density at radius 1 is 1.16 bits per heavy atom. The molecular weight excluding hydrogens is 411 g/mol. The van der Waals surface area contributed by atoms with Crippen LogP contribution in [0.15, 0.2) is 30.5 Å². The number of anilines is 2. The summed E-state index contributed by atoms with van der Waals surface area (Å²) in [5.41, 5.74) is 8.23. The van der Waals surface area contributed by atoms with E-state index < -0.39 is 5.41 Å². The predicted molar refractivity (Wildman–Crippen MR) is 116 cm³/mol. The van der Waals surface area contributed by atoms with Crippen LogP contribution < -0.4 is 11.1 Å². The number of nitrogens with one attached hydrogen (secondary N) is 1. The average molecular weight is 432 g/mol. The maximum absolute atomic E-state index is 13.4. The average Bonchev–Trinajstić information content (AvgIpc) is 3.25. The Morgan fingerprint density at radius 2 is 1.91 bits per heavy atom. The second kappa shape index (κ2) is 7.04. The van der Waals surface area contributed by atoms with Gasteiger partial charge in [0.15, 0.2) is 11.5 Å². The molecule has 0 fully saturated rings. The summed E-state index contributed by atoms with van der Waals surface area (Å²) in [6, 6.07) is 5.76. The molecule has 0 spiro atoms. The predicted octanol–water partition coefficient (Wildman–Crippen LogP) is 2.82. The third-order valence-electron chi connectivity index (χ3n) is 5.76. The molecule has 0 aliphatic carbocycles. The molecule has 0 saturated heterocycles. The first-order valence-electron chi connectivity index (χ1n) is 10.3. The molecule has 3 aromatic heterocycles. The molecule has 1 atom stereocenters. The van der Waals surface area contributed by atoms with Crippen LogP contribution in [0.25, 0.3) is 17.2 Å². The fourth-order valence-corrected chi connectivity index (χ4v) is 4.15. The quantitative estimate of drug-likeness (QED) is 0.508. The van der Waals surface area contributed by atoms with Crippen LogP contribution >= 0.6 is 0 Å². The molecule has 3 N–H and O–H groups in total. The number of amides is 1. The van der Waals surface area contributed by atoms with E-state index in [4.69, 9.17) is 10.7 Å². The maximum atomic E-state index is 13.4. The number of aromatic nitrogens is 6. The summed E-state index contributed by atoms with van der Waals surface area (Å²) >= 11 is 0. The summed E-state index contributed by atoms with van der Waals surface area (Å²) in [6.07, 6.45) is 3.30. The molecule has 1 amide bonds. The lowest BCUT2D eigenvalue weighted by atomic mass is 9.78. The van der Waals surface area contributed by atoms with Gasteiger partial charge in [-0.15, -0.1) is 0 Å². The number of nitrogens with two attached hydrogens (primary N) is 1. The van der Waals surface area contributed by atoms with Gasteiger partial charge in [-0.2, -0.15) is 5.10 Å². The largest absolute Gasteiger partial charge is 0.383 e. The number of rotatable bonds is 4. The van der Waals surface area contributed by atoms with Crippen molar-refractivity contribution in [2.24, 2.45) is 0 Å². The highest BCUT2D eigenvalue weighted by Gasteiger charge is 2.47. The third-order valence-corrected chi connectivity index (χ3v) is 5.76. The molecule has 0 radical (unpaired) electrons. The topological polar surface area (TPSA) is 124 Å². The molecule has 1 aromatic carbocycles. The van der Waals surface area contributed by atoms with Gasteiger partial charge >= 0.3 is 0 Å². The first-order chi connectivity index (χ1) is 15.3. The number of benzene rings is 1. The Morgan fingerprint density at radius 3 is 2.62 bits per heavy atom. The Labute approximate surface area is 182 Å². The summed E-state index contributed by atoms with van der Waals surface area (Å²) in [5.74, 6) is 0.694. The van der Waals surface area contributed by atoms with Gasteiger partial charge in [-0.1, -0.05) is 25.5 Å². The van der Waals surface area contributed by atoms with Crippen LogP contribution in [0.4, 0.5) is 16.0 Å². The van der Waals surface area contributed by atoms with Crippen LogP contribution in [0.3, 0.4) is 0 Å². The highest BCUT2D eigenvalue weighted by molar-refractivity contribution is 6.09. The van der Waals surface area contributed by atoms with Crippen molar-refractivity contribution >= 4 is 23.2 Å². The van der Waals surface area contributed by atoms with E-state index in [9.17, 15) is 9.18 Å². The van der Waals surface area contributed by atoms with E-state index in [1.54, 1.807) is 29.8 Å². The van der Waals surface area contributed by atoms with Gasteiger partial charge in [0.05, 0.1) is 17.5 Å². The zero-order valence-electron chi connectivity index (χ0n) is 17.8. The van der Waals surface area contributed by atoms with Gasteiger partial charge in [0.1, 0.15) is 34.4 Å². The highest BCUT2D eigenvalue weighted by atomic mass is 19.1. The molecule has 0 unspecified atom stereocenters. The second-order valence-corrected chi connectivity index (χ2v) is 7.99. The number of hydrogen-bond acceptors (Lipinski definition) is 7. The summed E-state index contributed by atoms with van der Waals surface area (Å²) < 4.78 is 15.1. The standard InChI is InChI=1S/C22H21FN8O/c1-4-5-14-20-25-11(2)30-31(20)10-15(26-14)18-27-17(24)16-19(28-18)29-21(32)22(16,3)12-6-8-13(23)9-7-12/h6-10H,4-5H2,1-3H3,(H3,24,27,28,29,32)/t22-/m0/s1. The first-order valence-corrected chi connectivity index (χ1v) is 10.3. The Bertz CT molecular complexity index is 1380. The fraction of sp³-hybridized carbons (Fsp3) is 0.273. The van der Waals surface area contributed by atoms with Gasteiger partial charge in [-0.05, 0) is 38.0 Å². The van der Waals surface area contributed by atoms with Gasteiger partial charge in [0.2, 0.25) is 5.91 Å². The lowest BCUT2D eigenvalue weighted by molar-refractivity contribution is -0.119. The molecule has 5 rings (SSSR count). The fourth-order valence-electron chi connectivity index (χ4n) is 4.15. The van der Waals surface area contributed by atoms with Crippen molar-refractivity contribution in [3.8, 4) is 11.5 Å². The molecule has 1 aliphatic heterocycles. The van der Waals surface area contributed by atoms with E-state index in [1.807, 2.05) is 6.92 Å². The Kier molecular flexibility index (Phi) is 4.40. The Hall–Kier alpha value is -3.95. The Balaban J connectivity index is 1.66. The lowest BCUT2D eigenvalue weighted by Gasteiger charge is -2.23. The van der Waals surface area contributed by atoms with E-state index in [-0.39, 0.29) is 23.4 Å².